The van der Waals surface area contributed by atoms with Gasteiger partial charge in [-0.2, -0.15) is 0 Å². The second kappa shape index (κ2) is 11.4. The first-order valence-electron chi connectivity index (χ1n) is 11.9. The van der Waals surface area contributed by atoms with Crippen molar-refractivity contribution in [2.75, 3.05) is 51.8 Å². The van der Waals surface area contributed by atoms with Crippen LogP contribution in [0, 0.1) is 0 Å². The summed E-state index contributed by atoms with van der Waals surface area (Å²) in [5.41, 5.74) is 2.07. The summed E-state index contributed by atoms with van der Waals surface area (Å²) in [6, 6.07) is 13.2. The lowest BCUT2D eigenvalue weighted by Gasteiger charge is -2.29. The molecule has 0 amide bonds. The summed E-state index contributed by atoms with van der Waals surface area (Å²) in [5.74, 6) is 2.12. The molecule has 2 N–H and O–H groups in total. The van der Waals surface area contributed by atoms with Crippen molar-refractivity contribution in [3.05, 3.63) is 58.4 Å². The molecule has 0 atom stereocenters. The molecule has 3 aromatic rings. The van der Waals surface area contributed by atoms with E-state index in [0.717, 1.165) is 42.0 Å². The van der Waals surface area contributed by atoms with E-state index in [-0.39, 0.29) is 5.56 Å². The van der Waals surface area contributed by atoms with Crippen LogP contribution in [-0.4, -0.2) is 66.4 Å². The Kier molecular flexibility index (Phi) is 8.09. The van der Waals surface area contributed by atoms with Crippen molar-refractivity contribution in [1.82, 2.24) is 14.8 Å². The molecule has 0 spiro atoms. The molecule has 2 heterocycles. The summed E-state index contributed by atoms with van der Waals surface area (Å²) >= 11 is 5.78. The second-order valence-corrected chi connectivity index (χ2v) is 8.70. The number of rotatable bonds is 9. The molecule has 1 aliphatic rings. The summed E-state index contributed by atoms with van der Waals surface area (Å²) in [5, 5.41) is 4.76. The lowest BCUT2D eigenvalue weighted by Crippen LogP contribution is -2.41. The second-order valence-electron chi connectivity index (χ2n) is 8.31. The van der Waals surface area contributed by atoms with Crippen LogP contribution in [0.5, 0.6) is 17.2 Å². The van der Waals surface area contributed by atoms with Gasteiger partial charge in [0, 0.05) is 35.8 Å². The van der Waals surface area contributed by atoms with Crippen LogP contribution < -0.4 is 25.1 Å². The molecule has 0 fully saturated rings. The number of likely N-dealkylation sites (N-methyl/N-ethyl adjacent to an activating group) is 1. The number of nitrogens with one attached hydrogen (secondary N) is 2. The highest BCUT2D eigenvalue weighted by Crippen LogP contribution is 2.33. The molecule has 4 rings (SSSR count). The summed E-state index contributed by atoms with van der Waals surface area (Å²) in [6.07, 6.45) is 0. The molecule has 0 radical (unpaired) electrons. The molecular weight excluding hydrogens is 464 g/mol. The quantitative estimate of drug-likeness (QED) is 0.433. The van der Waals surface area contributed by atoms with Gasteiger partial charge in [0.1, 0.15) is 19.0 Å². The van der Waals surface area contributed by atoms with Crippen molar-refractivity contribution in [1.29, 1.82) is 0 Å². The van der Waals surface area contributed by atoms with Crippen LogP contribution in [0.25, 0.3) is 10.9 Å². The molecule has 0 bridgehead atoms. The Hall–Kier alpha value is -3.30. The fourth-order valence-electron chi connectivity index (χ4n) is 4.04. The number of hydrogen-bond donors (Lipinski definition) is 2. The van der Waals surface area contributed by atoms with Crippen LogP contribution in [0.1, 0.15) is 19.4 Å². The zero-order chi connectivity index (χ0) is 24.8. The monoisotopic (exact) mass is 496 g/mol. The van der Waals surface area contributed by atoms with Crippen molar-refractivity contribution in [2.45, 2.75) is 20.4 Å². The Labute approximate surface area is 210 Å². The van der Waals surface area contributed by atoms with E-state index in [9.17, 15) is 4.79 Å². The first-order chi connectivity index (χ1) is 17.0. The summed E-state index contributed by atoms with van der Waals surface area (Å²) in [4.78, 5) is 20.4. The van der Waals surface area contributed by atoms with Gasteiger partial charge in [0.15, 0.2) is 16.6 Å². The summed E-state index contributed by atoms with van der Waals surface area (Å²) < 4.78 is 16.6. The van der Waals surface area contributed by atoms with Crippen molar-refractivity contribution >= 4 is 33.9 Å². The van der Waals surface area contributed by atoms with Gasteiger partial charge in [-0.25, -0.2) is 0 Å². The predicted octanol–water partition coefficient (Wildman–Crippen LogP) is 3.85. The zero-order valence-corrected chi connectivity index (χ0v) is 21.2. The van der Waals surface area contributed by atoms with E-state index in [1.54, 1.807) is 7.11 Å². The number of pyridine rings is 1. The molecule has 0 saturated carbocycles. The average molecular weight is 497 g/mol. The fourth-order valence-corrected chi connectivity index (χ4v) is 4.32. The molecule has 0 unspecified atom stereocenters. The number of aromatic nitrogens is 1. The molecule has 2 aromatic carbocycles. The van der Waals surface area contributed by atoms with Gasteiger partial charge in [0.05, 0.1) is 19.2 Å². The first-order valence-corrected chi connectivity index (χ1v) is 12.3. The number of aromatic amines is 1. The molecule has 35 heavy (non-hydrogen) atoms. The number of thiocarbonyl (C=S) groups is 1. The standard InChI is InChI=1S/C26H32N4O4S/c1-4-29(5-2)10-11-30(26(35)27-20-6-8-21(32-3)9-7-20)17-19-14-18-15-23-24(34-13-12-33-23)16-22(18)28-25(19)31/h6-9,14-16H,4-5,10-13,17H2,1-3H3,(H,27,35)(H,28,31). The minimum absolute atomic E-state index is 0.144. The Balaban J connectivity index is 1.58. The Morgan fingerprint density at radius 3 is 2.40 bits per heavy atom. The van der Waals surface area contributed by atoms with E-state index in [1.165, 1.54) is 0 Å². The van der Waals surface area contributed by atoms with Gasteiger partial charge in [-0.05, 0) is 61.7 Å². The normalized spacial score (nSPS) is 12.6. The molecule has 1 aliphatic heterocycles. The maximum absolute atomic E-state index is 13.0. The predicted molar refractivity (Wildman–Crippen MR) is 143 cm³/mol. The van der Waals surface area contributed by atoms with Gasteiger partial charge < -0.3 is 34.3 Å². The van der Waals surface area contributed by atoms with E-state index in [2.05, 4.69) is 29.0 Å². The smallest absolute Gasteiger partial charge is 0.253 e. The van der Waals surface area contributed by atoms with Crippen LogP contribution in [-0.2, 0) is 6.54 Å². The van der Waals surface area contributed by atoms with Gasteiger partial charge in [-0.1, -0.05) is 13.8 Å². The number of ether oxygens (including phenoxy) is 3. The van der Waals surface area contributed by atoms with Crippen molar-refractivity contribution in [3.63, 3.8) is 0 Å². The highest BCUT2D eigenvalue weighted by atomic mass is 32.1. The maximum atomic E-state index is 13.0. The Bertz CT molecular complexity index is 1220. The first kappa shape index (κ1) is 24.8. The lowest BCUT2D eigenvalue weighted by molar-refractivity contribution is 0.172. The van der Waals surface area contributed by atoms with Crippen LogP contribution in [0.4, 0.5) is 5.69 Å². The molecule has 1 aromatic heterocycles. The summed E-state index contributed by atoms with van der Waals surface area (Å²) in [6.45, 7) is 9.09. The van der Waals surface area contributed by atoms with E-state index in [4.69, 9.17) is 26.4 Å². The minimum atomic E-state index is -0.144. The number of H-pyrrole nitrogens is 1. The number of methoxy groups -OCH3 is 1. The zero-order valence-electron chi connectivity index (χ0n) is 20.4. The van der Waals surface area contributed by atoms with E-state index in [0.29, 0.717) is 48.5 Å². The molecule has 0 saturated heterocycles. The molecule has 8 nitrogen and oxygen atoms in total. The Morgan fingerprint density at radius 2 is 1.74 bits per heavy atom. The largest absolute Gasteiger partial charge is 0.497 e. The van der Waals surface area contributed by atoms with Crippen molar-refractivity contribution < 1.29 is 14.2 Å². The Morgan fingerprint density at radius 1 is 1.06 bits per heavy atom. The lowest BCUT2D eigenvalue weighted by atomic mass is 10.1. The minimum Gasteiger partial charge on any atom is -0.497 e. The molecule has 186 valence electrons. The van der Waals surface area contributed by atoms with E-state index >= 15 is 0 Å². The molecule has 0 aliphatic carbocycles. The van der Waals surface area contributed by atoms with Gasteiger partial charge in [-0.3, -0.25) is 4.79 Å². The highest BCUT2D eigenvalue weighted by molar-refractivity contribution is 7.80. The van der Waals surface area contributed by atoms with Crippen LogP contribution in [0.3, 0.4) is 0 Å². The van der Waals surface area contributed by atoms with E-state index < -0.39 is 0 Å². The highest BCUT2D eigenvalue weighted by Gasteiger charge is 2.17. The number of benzene rings is 2. The third-order valence-corrected chi connectivity index (χ3v) is 6.51. The van der Waals surface area contributed by atoms with Gasteiger partial charge >= 0.3 is 0 Å². The SMILES string of the molecule is CCN(CC)CCN(Cc1cc2cc3c(cc2[nH]c1=O)OCCO3)C(=S)Nc1ccc(OC)cc1. The van der Waals surface area contributed by atoms with Gasteiger partial charge in [-0.15, -0.1) is 0 Å². The maximum Gasteiger partial charge on any atom is 0.253 e. The third kappa shape index (κ3) is 6.04. The van der Waals surface area contributed by atoms with Crippen molar-refractivity contribution in [2.24, 2.45) is 0 Å². The van der Waals surface area contributed by atoms with Crippen LogP contribution in [0.15, 0.2) is 47.3 Å². The number of nitrogens with zero attached hydrogens (tertiary/aromatic N) is 2. The third-order valence-electron chi connectivity index (χ3n) is 6.15. The van der Waals surface area contributed by atoms with E-state index in [1.807, 2.05) is 47.4 Å². The van der Waals surface area contributed by atoms with Gasteiger partial charge in [0.2, 0.25) is 0 Å². The molecule has 9 heteroatoms. The molecular formula is C26H32N4O4S. The fraction of sp³-hybridized carbons (Fsp3) is 0.385. The summed E-state index contributed by atoms with van der Waals surface area (Å²) in [7, 11) is 1.64. The van der Waals surface area contributed by atoms with Gasteiger partial charge in [0.25, 0.3) is 5.56 Å². The number of fused-ring (bicyclic) bond motifs is 2. The number of hydrogen-bond acceptors (Lipinski definition) is 6. The topological polar surface area (TPSA) is 79.1 Å². The number of anilines is 1. The van der Waals surface area contributed by atoms with Crippen molar-refractivity contribution in [3.8, 4) is 17.2 Å². The average Bonchev–Trinajstić information content (AvgIpc) is 2.88. The van der Waals surface area contributed by atoms with Crippen LogP contribution in [0.2, 0.25) is 0 Å². The van der Waals surface area contributed by atoms with Crippen LogP contribution >= 0.6 is 12.2 Å².